The molecule has 9 heteroatoms. The number of rotatable bonds is 15. The fourth-order valence-electron chi connectivity index (χ4n) is 4.77. The molecule has 3 aromatic rings. The van der Waals surface area contributed by atoms with E-state index in [-0.39, 0.29) is 29.9 Å². The summed E-state index contributed by atoms with van der Waals surface area (Å²) >= 11 is 0. The van der Waals surface area contributed by atoms with Crippen LogP contribution in [0.3, 0.4) is 0 Å². The molecule has 0 aromatic heterocycles. The molecule has 0 saturated carbocycles. The van der Waals surface area contributed by atoms with E-state index in [4.69, 9.17) is 5.73 Å². The number of hydrogen-bond donors (Lipinski definition) is 4. The van der Waals surface area contributed by atoms with Crippen molar-refractivity contribution in [2.24, 2.45) is 5.92 Å². The minimum absolute atomic E-state index is 0.0669. The molecule has 0 spiro atoms. The maximum atomic E-state index is 13.4. The molecule has 0 fully saturated rings. The van der Waals surface area contributed by atoms with Gasteiger partial charge < -0.3 is 21.5 Å². The molecule has 0 heterocycles. The van der Waals surface area contributed by atoms with Crippen LogP contribution in [0.5, 0.6) is 0 Å². The predicted molar refractivity (Wildman–Crippen MR) is 158 cm³/mol. The lowest BCUT2D eigenvalue weighted by atomic mass is 9.98. The molecule has 1 unspecified atom stereocenters. The Balaban J connectivity index is 1.63. The Morgan fingerprint density at radius 2 is 1.72 bits per heavy atom. The van der Waals surface area contributed by atoms with E-state index in [1.54, 1.807) is 12.1 Å². The molecule has 0 aliphatic rings. The third-order valence-corrected chi connectivity index (χ3v) is 8.67. The number of aliphatic hydroxyl groups is 1. The molecule has 8 nitrogen and oxygen atoms in total. The van der Waals surface area contributed by atoms with Gasteiger partial charge in [-0.05, 0) is 72.3 Å². The fourth-order valence-corrected chi connectivity index (χ4v) is 6.58. The summed E-state index contributed by atoms with van der Waals surface area (Å²) in [5.41, 5.74) is 7.32. The van der Waals surface area contributed by atoms with Crippen molar-refractivity contribution in [3.63, 3.8) is 0 Å². The van der Waals surface area contributed by atoms with Gasteiger partial charge in [-0.2, -0.15) is 4.31 Å². The molecule has 0 aliphatic heterocycles. The summed E-state index contributed by atoms with van der Waals surface area (Å²) in [4.78, 5) is 13.2. The highest BCUT2D eigenvalue weighted by Crippen LogP contribution is 2.23. The molecule has 39 heavy (non-hydrogen) atoms. The van der Waals surface area contributed by atoms with Gasteiger partial charge in [0.25, 0.3) is 0 Å². The van der Waals surface area contributed by atoms with Crippen molar-refractivity contribution < 1.29 is 18.3 Å². The summed E-state index contributed by atoms with van der Waals surface area (Å²) in [7, 11) is -3.83. The van der Waals surface area contributed by atoms with Crippen LogP contribution in [-0.2, 0) is 21.2 Å². The van der Waals surface area contributed by atoms with Crippen molar-refractivity contribution in [2.75, 3.05) is 32.0 Å². The zero-order chi connectivity index (χ0) is 28.4. The van der Waals surface area contributed by atoms with Crippen LogP contribution >= 0.6 is 0 Å². The van der Waals surface area contributed by atoms with Crippen LogP contribution in [0.15, 0.2) is 71.6 Å². The zero-order valence-corrected chi connectivity index (χ0v) is 24.0. The molecule has 1 amide bonds. The highest BCUT2D eigenvalue weighted by atomic mass is 32.2. The summed E-state index contributed by atoms with van der Waals surface area (Å²) in [6.45, 7) is 6.86. The number of carbonyl (C=O) groups excluding carboxylic acids is 1. The number of aliphatic hydroxyl groups excluding tert-OH is 1. The Morgan fingerprint density at radius 1 is 1.03 bits per heavy atom. The molecule has 5 N–H and O–H groups in total. The van der Waals surface area contributed by atoms with Gasteiger partial charge >= 0.3 is 0 Å². The number of nitrogen functional groups attached to an aromatic ring is 1. The van der Waals surface area contributed by atoms with Crippen molar-refractivity contribution >= 4 is 32.4 Å². The smallest absolute Gasteiger partial charge is 0.243 e. The summed E-state index contributed by atoms with van der Waals surface area (Å²) < 4.78 is 28.3. The van der Waals surface area contributed by atoms with E-state index >= 15 is 0 Å². The van der Waals surface area contributed by atoms with Crippen molar-refractivity contribution in [2.45, 2.75) is 57.0 Å². The monoisotopic (exact) mass is 554 g/mol. The van der Waals surface area contributed by atoms with Crippen LogP contribution in [0, 0.1) is 5.92 Å². The third-order valence-electron chi connectivity index (χ3n) is 6.73. The molecule has 0 aliphatic carbocycles. The highest BCUT2D eigenvalue weighted by Gasteiger charge is 2.31. The van der Waals surface area contributed by atoms with Gasteiger partial charge in [-0.3, -0.25) is 4.79 Å². The normalized spacial score (nSPS) is 13.6. The average Bonchev–Trinajstić information content (AvgIpc) is 2.92. The Kier molecular flexibility index (Phi) is 11.3. The van der Waals surface area contributed by atoms with Gasteiger partial charge in [-0.15, -0.1) is 0 Å². The maximum absolute atomic E-state index is 13.4. The Hall–Kier alpha value is -2.98. The van der Waals surface area contributed by atoms with E-state index < -0.39 is 22.1 Å². The van der Waals surface area contributed by atoms with E-state index in [0.29, 0.717) is 38.0 Å². The van der Waals surface area contributed by atoms with Gasteiger partial charge in [0, 0.05) is 24.8 Å². The van der Waals surface area contributed by atoms with Gasteiger partial charge in [-0.1, -0.05) is 63.2 Å². The Morgan fingerprint density at radius 3 is 2.38 bits per heavy atom. The summed E-state index contributed by atoms with van der Waals surface area (Å²) in [6, 6.07) is 19.4. The second-order valence-electron chi connectivity index (χ2n) is 10.3. The number of nitrogens with one attached hydrogen (secondary N) is 2. The van der Waals surface area contributed by atoms with Crippen LogP contribution < -0.4 is 16.4 Å². The number of hydrogen-bond acceptors (Lipinski definition) is 6. The first kappa shape index (κ1) is 30.6. The van der Waals surface area contributed by atoms with Gasteiger partial charge in [0.15, 0.2) is 0 Å². The first-order valence-electron chi connectivity index (χ1n) is 13.6. The van der Waals surface area contributed by atoms with Gasteiger partial charge in [0.2, 0.25) is 15.9 Å². The molecule has 3 aromatic carbocycles. The lowest BCUT2D eigenvalue weighted by molar-refractivity contribution is -0.123. The molecule has 3 rings (SSSR count). The topological polar surface area (TPSA) is 125 Å². The van der Waals surface area contributed by atoms with Crippen molar-refractivity contribution in [3.8, 4) is 0 Å². The second-order valence-corrected chi connectivity index (χ2v) is 12.2. The average molecular weight is 555 g/mol. The SMILES string of the molecule is CCN[C@@H](Cc1cccc2ccccc12)C(=O)NCCCC(CO)N(CC(C)C)S(=O)(=O)c1ccc(N)cc1. The first-order valence-corrected chi connectivity index (χ1v) is 15.1. The fraction of sp³-hybridized carbons (Fsp3) is 0.433. The molecule has 0 saturated heterocycles. The summed E-state index contributed by atoms with van der Waals surface area (Å²) in [5.74, 6) is -0.0314. The minimum atomic E-state index is -3.83. The van der Waals surface area contributed by atoms with Crippen molar-refractivity contribution in [1.82, 2.24) is 14.9 Å². The molecule has 0 radical (unpaired) electrons. The summed E-state index contributed by atoms with van der Waals surface area (Å²) in [6.07, 6.45) is 1.49. The van der Waals surface area contributed by atoms with E-state index in [1.165, 1.54) is 16.4 Å². The first-order chi connectivity index (χ1) is 18.7. The van der Waals surface area contributed by atoms with E-state index in [9.17, 15) is 18.3 Å². The molecule has 212 valence electrons. The lowest BCUT2D eigenvalue weighted by Gasteiger charge is -2.31. The van der Waals surface area contributed by atoms with E-state index in [2.05, 4.69) is 34.9 Å². The minimum Gasteiger partial charge on any atom is -0.399 e. The molecule has 2 atom stereocenters. The zero-order valence-electron chi connectivity index (χ0n) is 23.1. The molecular formula is C30H42N4O4S. The van der Waals surface area contributed by atoms with Gasteiger partial charge in [0.1, 0.15) is 0 Å². The maximum Gasteiger partial charge on any atom is 0.243 e. The summed E-state index contributed by atoms with van der Waals surface area (Å²) in [5, 5.41) is 18.7. The Labute approximate surface area is 232 Å². The van der Waals surface area contributed by atoms with Crippen LogP contribution in [0.2, 0.25) is 0 Å². The lowest BCUT2D eigenvalue weighted by Crippen LogP contribution is -2.46. The quantitative estimate of drug-likeness (QED) is 0.168. The number of likely N-dealkylation sites (N-methyl/N-ethyl adjacent to an activating group) is 1. The van der Waals surface area contributed by atoms with Gasteiger partial charge in [-0.25, -0.2) is 8.42 Å². The number of nitrogens with two attached hydrogens (primary N) is 1. The van der Waals surface area contributed by atoms with Gasteiger partial charge in [0.05, 0.1) is 17.5 Å². The number of anilines is 1. The van der Waals surface area contributed by atoms with Crippen LogP contribution in [-0.4, -0.2) is 62.1 Å². The van der Waals surface area contributed by atoms with Crippen molar-refractivity contribution in [1.29, 1.82) is 0 Å². The predicted octanol–water partition coefficient (Wildman–Crippen LogP) is 3.55. The number of carbonyl (C=O) groups is 1. The van der Waals surface area contributed by atoms with Crippen LogP contribution in [0.4, 0.5) is 5.69 Å². The largest absolute Gasteiger partial charge is 0.399 e. The standard InChI is InChI=1S/C30H42N4O4S/c1-4-32-29(19-24-11-7-10-23-9-5-6-13-28(23)24)30(36)33-18-8-12-26(21-35)34(20-22(2)3)39(37,38)27-16-14-25(31)15-17-27/h5-7,9-11,13-17,22,26,29,32,35H,4,8,12,18-21,31H2,1-3H3,(H,33,36)/t26?,29-/m0/s1. The number of fused-ring (bicyclic) bond motifs is 1. The number of nitrogens with zero attached hydrogens (tertiary/aromatic N) is 1. The molecule has 0 bridgehead atoms. The van der Waals surface area contributed by atoms with Crippen molar-refractivity contribution in [3.05, 3.63) is 72.3 Å². The number of benzene rings is 3. The molecular weight excluding hydrogens is 512 g/mol. The Bertz CT molecular complexity index is 1310. The number of amides is 1. The second kappa shape index (κ2) is 14.4. The third kappa shape index (κ3) is 8.25. The highest BCUT2D eigenvalue weighted by molar-refractivity contribution is 7.89. The van der Waals surface area contributed by atoms with Crippen LogP contribution in [0.25, 0.3) is 10.8 Å². The van der Waals surface area contributed by atoms with Crippen LogP contribution in [0.1, 0.15) is 39.2 Å². The number of sulfonamides is 1. The van der Waals surface area contributed by atoms with E-state index in [0.717, 1.165) is 16.3 Å². The van der Waals surface area contributed by atoms with E-state index in [1.807, 2.05) is 39.0 Å².